The van der Waals surface area contributed by atoms with Crippen LogP contribution in [0, 0.1) is 0 Å². The molecule has 1 aromatic heterocycles. The predicted octanol–water partition coefficient (Wildman–Crippen LogP) is 3.94. The zero-order valence-electron chi connectivity index (χ0n) is 14.7. The first-order chi connectivity index (χ1) is 13.5. The molecule has 28 heavy (non-hydrogen) atoms. The Balaban J connectivity index is 1.52. The molecule has 0 bridgehead atoms. The van der Waals surface area contributed by atoms with E-state index in [-0.39, 0.29) is 23.6 Å². The molecular weight excluding hydrogens is 380 g/mol. The molecule has 0 fully saturated rings. The largest absolute Gasteiger partial charge is 0.504 e. The zero-order valence-corrected chi connectivity index (χ0v) is 15.5. The number of hydrogen-bond acceptors (Lipinski definition) is 6. The highest BCUT2D eigenvalue weighted by Crippen LogP contribution is 2.33. The molecule has 3 aromatic rings. The number of hydroxylamine groups is 1. The average molecular weight is 398 g/mol. The van der Waals surface area contributed by atoms with Crippen molar-refractivity contribution in [3.63, 3.8) is 0 Å². The van der Waals surface area contributed by atoms with Crippen LogP contribution in [0.3, 0.4) is 0 Å². The van der Waals surface area contributed by atoms with E-state index in [4.69, 9.17) is 9.94 Å². The van der Waals surface area contributed by atoms with Crippen LogP contribution in [0.1, 0.15) is 22.3 Å². The standard InChI is InChI=1S/C20H18N2O5S/c23-16-12-13(3-9-17(16)27-19-2-1-11-28-19)4-10-18(24)21-15-7-5-14(6-8-15)20(25)22-26/h1-3,5-9,11-12,23,26H,4,10H2,(H,21,24)(H,22,25). The van der Waals surface area contributed by atoms with Crippen molar-refractivity contribution in [1.29, 1.82) is 0 Å². The van der Waals surface area contributed by atoms with E-state index in [2.05, 4.69) is 5.32 Å². The fourth-order valence-corrected chi connectivity index (χ4v) is 3.07. The summed E-state index contributed by atoms with van der Waals surface area (Å²) in [5.41, 5.74) is 3.17. The van der Waals surface area contributed by atoms with Gasteiger partial charge in [0.2, 0.25) is 5.91 Å². The van der Waals surface area contributed by atoms with Gasteiger partial charge in [-0.1, -0.05) is 6.07 Å². The van der Waals surface area contributed by atoms with Gasteiger partial charge in [0.1, 0.15) is 0 Å². The van der Waals surface area contributed by atoms with E-state index in [1.54, 1.807) is 35.8 Å². The van der Waals surface area contributed by atoms with Gasteiger partial charge in [-0.3, -0.25) is 14.8 Å². The summed E-state index contributed by atoms with van der Waals surface area (Å²) in [7, 11) is 0. The third-order valence-corrected chi connectivity index (χ3v) is 4.65. The van der Waals surface area contributed by atoms with Crippen LogP contribution in [0.25, 0.3) is 0 Å². The Kier molecular flexibility index (Phi) is 6.25. The monoisotopic (exact) mass is 398 g/mol. The van der Waals surface area contributed by atoms with E-state index in [9.17, 15) is 14.7 Å². The third kappa shape index (κ3) is 5.09. The lowest BCUT2D eigenvalue weighted by Gasteiger charge is -2.09. The number of nitrogens with one attached hydrogen (secondary N) is 2. The quantitative estimate of drug-likeness (QED) is 0.356. The van der Waals surface area contributed by atoms with Crippen molar-refractivity contribution in [1.82, 2.24) is 5.48 Å². The molecule has 2 aromatic carbocycles. The van der Waals surface area contributed by atoms with Crippen molar-refractivity contribution in [3.8, 4) is 16.6 Å². The van der Waals surface area contributed by atoms with Crippen LogP contribution >= 0.6 is 11.3 Å². The van der Waals surface area contributed by atoms with E-state index in [1.165, 1.54) is 23.5 Å². The molecule has 0 radical (unpaired) electrons. The predicted molar refractivity (Wildman–Crippen MR) is 105 cm³/mol. The van der Waals surface area contributed by atoms with Crippen molar-refractivity contribution in [2.45, 2.75) is 12.8 Å². The minimum atomic E-state index is -0.621. The van der Waals surface area contributed by atoms with Crippen LogP contribution in [0.4, 0.5) is 5.69 Å². The first kappa shape index (κ1) is 19.4. The van der Waals surface area contributed by atoms with Crippen LogP contribution < -0.4 is 15.5 Å². The van der Waals surface area contributed by atoms with Crippen molar-refractivity contribution in [3.05, 3.63) is 71.1 Å². The molecule has 0 saturated heterocycles. The van der Waals surface area contributed by atoms with Crippen LogP contribution in [0.15, 0.2) is 60.0 Å². The summed E-state index contributed by atoms with van der Waals surface area (Å²) < 4.78 is 5.59. The number of carbonyl (C=O) groups is 2. The Labute approximate surface area is 165 Å². The van der Waals surface area contributed by atoms with E-state index in [1.807, 2.05) is 17.5 Å². The fourth-order valence-electron chi connectivity index (χ4n) is 2.49. The highest BCUT2D eigenvalue weighted by Gasteiger charge is 2.09. The number of phenolic OH excluding ortho intramolecular Hbond substituents is 1. The van der Waals surface area contributed by atoms with Gasteiger partial charge < -0.3 is 15.2 Å². The Bertz CT molecular complexity index is 955. The molecule has 2 amide bonds. The Hall–Kier alpha value is -3.36. The Morgan fingerprint density at radius 1 is 1.07 bits per heavy atom. The number of benzene rings is 2. The molecular formula is C20H18N2O5S. The van der Waals surface area contributed by atoms with Crippen molar-refractivity contribution in [2.75, 3.05) is 5.32 Å². The second-order valence-corrected chi connectivity index (χ2v) is 6.81. The number of rotatable bonds is 7. The molecule has 0 unspecified atom stereocenters. The molecule has 3 rings (SSSR count). The number of ether oxygens (including phenoxy) is 1. The molecule has 0 aliphatic carbocycles. The van der Waals surface area contributed by atoms with Gasteiger partial charge in [0, 0.05) is 17.7 Å². The van der Waals surface area contributed by atoms with Gasteiger partial charge in [-0.25, -0.2) is 5.48 Å². The normalized spacial score (nSPS) is 10.3. The molecule has 4 N–H and O–H groups in total. The first-order valence-electron chi connectivity index (χ1n) is 8.43. The van der Waals surface area contributed by atoms with Gasteiger partial charge in [0.05, 0.1) is 0 Å². The molecule has 144 valence electrons. The summed E-state index contributed by atoms with van der Waals surface area (Å²) in [5, 5.41) is 24.0. The van der Waals surface area contributed by atoms with Gasteiger partial charge in [-0.15, -0.1) is 11.3 Å². The van der Waals surface area contributed by atoms with Gasteiger partial charge in [0.15, 0.2) is 16.6 Å². The minimum Gasteiger partial charge on any atom is -0.504 e. The lowest BCUT2D eigenvalue weighted by atomic mass is 10.1. The van der Waals surface area contributed by atoms with Crippen LogP contribution in [0.2, 0.25) is 0 Å². The lowest BCUT2D eigenvalue weighted by Crippen LogP contribution is -2.18. The second kappa shape index (κ2) is 9.03. The summed E-state index contributed by atoms with van der Waals surface area (Å²) in [5.74, 6) is -0.436. The zero-order chi connectivity index (χ0) is 19.9. The fraction of sp³-hybridized carbons (Fsp3) is 0.100. The molecule has 1 heterocycles. The maximum atomic E-state index is 12.1. The Morgan fingerprint density at radius 3 is 2.50 bits per heavy atom. The summed E-state index contributed by atoms with van der Waals surface area (Å²) in [6, 6.07) is 14.9. The van der Waals surface area contributed by atoms with E-state index in [0.717, 1.165) is 5.56 Å². The van der Waals surface area contributed by atoms with Gasteiger partial charge >= 0.3 is 0 Å². The molecule has 0 aliphatic heterocycles. The van der Waals surface area contributed by atoms with Gasteiger partial charge in [-0.05, 0) is 65.9 Å². The van der Waals surface area contributed by atoms with Crippen molar-refractivity contribution in [2.24, 2.45) is 0 Å². The van der Waals surface area contributed by atoms with Crippen molar-refractivity contribution < 1.29 is 24.6 Å². The molecule has 0 spiro atoms. The topological polar surface area (TPSA) is 108 Å². The van der Waals surface area contributed by atoms with Crippen LogP contribution in [0.5, 0.6) is 16.6 Å². The minimum absolute atomic E-state index is 0.0176. The lowest BCUT2D eigenvalue weighted by molar-refractivity contribution is -0.116. The van der Waals surface area contributed by atoms with Crippen LogP contribution in [-0.4, -0.2) is 22.1 Å². The highest BCUT2D eigenvalue weighted by atomic mass is 32.1. The molecule has 7 nitrogen and oxygen atoms in total. The van der Waals surface area contributed by atoms with E-state index in [0.29, 0.717) is 22.9 Å². The number of thiophene rings is 1. The van der Waals surface area contributed by atoms with Crippen LogP contribution in [-0.2, 0) is 11.2 Å². The number of aromatic hydroxyl groups is 1. The molecule has 0 atom stereocenters. The number of anilines is 1. The number of phenols is 1. The van der Waals surface area contributed by atoms with E-state index >= 15 is 0 Å². The smallest absolute Gasteiger partial charge is 0.274 e. The summed E-state index contributed by atoms with van der Waals surface area (Å²) in [4.78, 5) is 23.4. The Morgan fingerprint density at radius 2 is 1.86 bits per heavy atom. The third-order valence-electron chi connectivity index (χ3n) is 3.90. The highest BCUT2D eigenvalue weighted by molar-refractivity contribution is 7.11. The SMILES string of the molecule is O=C(CCc1ccc(Oc2cccs2)c(O)c1)Nc1ccc(C(=O)NO)cc1. The summed E-state index contributed by atoms with van der Waals surface area (Å²) in [6.07, 6.45) is 0.674. The van der Waals surface area contributed by atoms with Gasteiger partial charge in [0.25, 0.3) is 5.91 Å². The summed E-state index contributed by atoms with van der Waals surface area (Å²) in [6.45, 7) is 0. The first-order valence-corrected chi connectivity index (χ1v) is 9.31. The maximum Gasteiger partial charge on any atom is 0.274 e. The molecule has 0 saturated carbocycles. The average Bonchev–Trinajstić information content (AvgIpc) is 3.21. The number of amides is 2. The van der Waals surface area contributed by atoms with Gasteiger partial charge in [-0.2, -0.15) is 0 Å². The maximum absolute atomic E-state index is 12.1. The van der Waals surface area contributed by atoms with Crippen molar-refractivity contribution >= 4 is 28.8 Å². The molecule has 0 aliphatic rings. The number of hydrogen-bond donors (Lipinski definition) is 4. The second-order valence-electron chi connectivity index (χ2n) is 5.90. The number of carbonyl (C=O) groups excluding carboxylic acids is 2. The molecule has 8 heteroatoms. The van der Waals surface area contributed by atoms with E-state index < -0.39 is 5.91 Å². The summed E-state index contributed by atoms with van der Waals surface area (Å²) >= 11 is 1.43. The number of aryl methyl sites for hydroxylation is 1.